The zero-order chi connectivity index (χ0) is 19.7. The largest absolute Gasteiger partial charge is 0.342 e. The summed E-state index contributed by atoms with van der Waals surface area (Å²) >= 11 is 6.46. The van der Waals surface area contributed by atoms with Crippen LogP contribution in [0.4, 0.5) is 0 Å². The van der Waals surface area contributed by atoms with E-state index in [1.807, 2.05) is 0 Å². The molecule has 1 heterocycles. The molecule has 152 valence electrons. The fourth-order valence-corrected chi connectivity index (χ4v) is 8.05. The maximum absolute atomic E-state index is 14.0. The average molecular weight is 401 g/mol. The van der Waals surface area contributed by atoms with Gasteiger partial charge < -0.3 is 10.6 Å². The average Bonchev–Trinajstić information content (AvgIpc) is 3.06. The van der Waals surface area contributed by atoms with Gasteiger partial charge in [0.2, 0.25) is 5.91 Å². The maximum Gasteiger partial charge on any atom is 0.229 e. The van der Waals surface area contributed by atoms with E-state index in [0.717, 1.165) is 38.8 Å². The number of hydrogen-bond donors (Lipinski definition) is 1. The molecule has 1 saturated heterocycles. The third-order valence-electron chi connectivity index (χ3n) is 8.97. The molecule has 1 aliphatic heterocycles. The van der Waals surface area contributed by atoms with E-state index in [0.29, 0.717) is 29.5 Å². The fraction of sp³-hybridized carbons (Fsp3) is 0.708. The molecule has 0 radical (unpaired) electrons. The first-order valence-electron chi connectivity index (χ1n) is 11.0. The molecule has 4 bridgehead atoms. The van der Waals surface area contributed by atoms with Crippen molar-refractivity contribution in [1.29, 1.82) is 0 Å². The van der Waals surface area contributed by atoms with Crippen molar-refractivity contribution in [1.82, 2.24) is 4.90 Å². The highest BCUT2D eigenvalue weighted by molar-refractivity contribution is 6.18. The quantitative estimate of drug-likeness (QED) is 0.773. The second-order valence-corrected chi connectivity index (χ2v) is 11.2. The Morgan fingerprint density at radius 1 is 1.21 bits per heavy atom. The van der Waals surface area contributed by atoms with Gasteiger partial charge in [0.05, 0.1) is 5.41 Å². The molecule has 6 atom stereocenters. The number of carbonyl (C=O) groups excluding carboxylic acids is 1. The van der Waals surface area contributed by atoms with Gasteiger partial charge in [-0.1, -0.05) is 44.2 Å². The molecule has 0 spiro atoms. The Morgan fingerprint density at radius 3 is 2.64 bits per heavy atom. The molecule has 5 fully saturated rings. The highest BCUT2D eigenvalue weighted by Crippen LogP contribution is 2.73. The number of nitrogens with zero attached hydrogens (tertiary/aromatic N) is 1. The Labute approximate surface area is 174 Å². The van der Waals surface area contributed by atoms with E-state index >= 15 is 0 Å². The molecule has 3 nitrogen and oxygen atoms in total. The first-order chi connectivity index (χ1) is 13.3. The lowest BCUT2D eigenvalue weighted by atomic mass is 9.62. The van der Waals surface area contributed by atoms with E-state index in [9.17, 15) is 4.79 Å². The van der Waals surface area contributed by atoms with Gasteiger partial charge in [-0.25, -0.2) is 0 Å². The molecular formula is C24H33ClN2O. The van der Waals surface area contributed by atoms with Crippen LogP contribution in [-0.2, 0) is 10.2 Å². The van der Waals surface area contributed by atoms with Gasteiger partial charge >= 0.3 is 0 Å². The number of likely N-dealkylation sites (tertiary alicyclic amines) is 1. The van der Waals surface area contributed by atoms with Crippen molar-refractivity contribution in [2.75, 3.05) is 19.0 Å². The maximum atomic E-state index is 14.0. The van der Waals surface area contributed by atoms with E-state index in [-0.39, 0.29) is 22.3 Å². The predicted molar refractivity (Wildman–Crippen MR) is 113 cm³/mol. The molecule has 4 aliphatic carbocycles. The van der Waals surface area contributed by atoms with Crippen molar-refractivity contribution in [3.05, 3.63) is 35.9 Å². The first-order valence-corrected chi connectivity index (χ1v) is 11.5. The molecule has 6 rings (SSSR count). The van der Waals surface area contributed by atoms with Crippen molar-refractivity contribution in [2.24, 2.45) is 34.3 Å². The van der Waals surface area contributed by atoms with Gasteiger partial charge in [0.15, 0.2) is 0 Å². The van der Waals surface area contributed by atoms with Crippen LogP contribution in [0.2, 0.25) is 0 Å². The molecule has 5 unspecified atom stereocenters. The monoisotopic (exact) mass is 400 g/mol. The number of nitrogens with two attached hydrogens (primary N) is 1. The minimum Gasteiger partial charge on any atom is -0.342 e. The van der Waals surface area contributed by atoms with Crippen molar-refractivity contribution in [3.8, 4) is 0 Å². The molecular weight excluding hydrogens is 368 g/mol. The Morgan fingerprint density at radius 2 is 1.96 bits per heavy atom. The highest BCUT2D eigenvalue weighted by Gasteiger charge is 2.71. The van der Waals surface area contributed by atoms with Crippen LogP contribution >= 0.6 is 11.6 Å². The van der Waals surface area contributed by atoms with Crippen LogP contribution in [0.25, 0.3) is 0 Å². The molecule has 2 N–H and O–H groups in total. The molecule has 4 saturated carbocycles. The third kappa shape index (κ3) is 2.48. The van der Waals surface area contributed by atoms with Crippen LogP contribution in [0, 0.1) is 28.6 Å². The number of piperidine rings is 1. The minimum atomic E-state index is -0.199. The molecule has 0 aromatic heterocycles. The second kappa shape index (κ2) is 6.22. The minimum absolute atomic E-state index is 0.0107. The summed E-state index contributed by atoms with van der Waals surface area (Å²) in [5, 5.41) is 0. The summed E-state index contributed by atoms with van der Waals surface area (Å²) in [7, 11) is 0. The van der Waals surface area contributed by atoms with Gasteiger partial charge in [0.25, 0.3) is 0 Å². The Hall–Kier alpha value is -1.06. The van der Waals surface area contributed by atoms with Gasteiger partial charge in [-0.3, -0.25) is 4.79 Å². The van der Waals surface area contributed by atoms with E-state index in [1.54, 1.807) is 0 Å². The standard InChI is InChI=1S/C24H33ClN2O/c1-22(2)15-27(9-8-20(22)26)21(28)24-11-16-10-23(14-24,12-19(24)18(16)13-25)17-6-4-3-5-7-17/h3-7,16,18-20H,8-15,26H2,1-2H3/t16?,18?,19?,20-,23?,24?/m0/s1. The van der Waals surface area contributed by atoms with Gasteiger partial charge in [0.1, 0.15) is 0 Å². The summed E-state index contributed by atoms with van der Waals surface area (Å²) in [6, 6.07) is 11.1. The van der Waals surface area contributed by atoms with E-state index in [4.69, 9.17) is 17.3 Å². The lowest BCUT2D eigenvalue weighted by molar-refractivity contribution is -0.148. The third-order valence-corrected chi connectivity index (χ3v) is 9.32. The second-order valence-electron chi connectivity index (χ2n) is 10.9. The summed E-state index contributed by atoms with van der Waals surface area (Å²) in [5.74, 6) is 2.65. The summed E-state index contributed by atoms with van der Waals surface area (Å²) < 4.78 is 0. The number of hydrogen-bond acceptors (Lipinski definition) is 2. The van der Waals surface area contributed by atoms with E-state index in [2.05, 4.69) is 49.1 Å². The molecule has 1 aromatic carbocycles. The van der Waals surface area contributed by atoms with Crippen molar-refractivity contribution < 1.29 is 4.79 Å². The van der Waals surface area contributed by atoms with Crippen LogP contribution < -0.4 is 5.73 Å². The lowest BCUT2D eigenvalue weighted by Gasteiger charge is -2.47. The summed E-state index contributed by atoms with van der Waals surface area (Å²) in [6.45, 7) is 6.02. The number of halogens is 1. The van der Waals surface area contributed by atoms with Crippen molar-refractivity contribution in [2.45, 2.75) is 57.4 Å². The zero-order valence-electron chi connectivity index (χ0n) is 17.2. The number of alkyl halides is 1. The number of carbonyl (C=O) groups is 1. The topological polar surface area (TPSA) is 46.3 Å². The zero-order valence-corrected chi connectivity index (χ0v) is 17.9. The number of rotatable bonds is 3. The molecule has 28 heavy (non-hydrogen) atoms. The number of benzene rings is 1. The summed E-state index contributed by atoms with van der Waals surface area (Å²) in [4.78, 5) is 16.2. The molecule has 5 aliphatic rings. The first kappa shape index (κ1) is 18.9. The fourth-order valence-electron chi connectivity index (χ4n) is 7.58. The van der Waals surface area contributed by atoms with Crippen molar-refractivity contribution in [3.63, 3.8) is 0 Å². The van der Waals surface area contributed by atoms with Gasteiger partial charge in [-0.05, 0) is 66.3 Å². The van der Waals surface area contributed by atoms with Gasteiger partial charge in [0, 0.05) is 25.0 Å². The van der Waals surface area contributed by atoms with Crippen LogP contribution in [0.15, 0.2) is 30.3 Å². The van der Waals surface area contributed by atoms with Crippen LogP contribution in [0.3, 0.4) is 0 Å². The molecule has 1 aromatic rings. The molecule has 1 amide bonds. The number of amides is 1. The normalized spacial score (nSPS) is 43.5. The SMILES string of the molecule is CC1(C)CN(C(=O)C23CC4CC(c5ccccc5)(CC2C4CCl)C3)CC[C@@H]1N. The Balaban J connectivity index is 1.50. The van der Waals surface area contributed by atoms with Gasteiger partial charge in [-0.2, -0.15) is 0 Å². The Bertz CT molecular complexity index is 780. The molecule has 4 heteroatoms. The smallest absolute Gasteiger partial charge is 0.229 e. The highest BCUT2D eigenvalue weighted by atomic mass is 35.5. The van der Waals surface area contributed by atoms with Gasteiger partial charge in [-0.15, -0.1) is 11.6 Å². The van der Waals surface area contributed by atoms with E-state index < -0.39 is 0 Å². The van der Waals surface area contributed by atoms with E-state index in [1.165, 1.54) is 12.0 Å². The Kier molecular flexibility index (Phi) is 4.21. The lowest BCUT2D eigenvalue weighted by Crippen LogP contribution is -2.57. The summed E-state index contributed by atoms with van der Waals surface area (Å²) in [6.07, 6.45) is 5.31. The van der Waals surface area contributed by atoms with Crippen LogP contribution in [0.1, 0.15) is 51.5 Å². The van der Waals surface area contributed by atoms with Crippen molar-refractivity contribution >= 4 is 17.5 Å². The van der Waals surface area contributed by atoms with Crippen LogP contribution in [0.5, 0.6) is 0 Å². The van der Waals surface area contributed by atoms with Crippen LogP contribution in [-0.4, -0.2) is 35.8 Å². The summed E-state index contributed by atoms with van der Waals surface area (Å²) in [5.41, 5.74) is 7.75. The predicted octanol–water partition coefficient (Wildman–Crippen LogP) is 4.19.